The molecule has 0 spiro atoms. The summed E-state index contributed by atoms with van der Waals surface area (Å²) < 4.78 is 24.4. The van der Waals surface area contributed by atoms with Gasteiger partial charge in [0.15, 0.2) is 0 Å². The van der Waals surface area contributed by atoms with Crippen molar-refractivity contribution in [3.63, 3.8) is 0 Å². The zero-order chi connectivity index (χ0) is 24.2. The van der Waals surface area contributed by atoms with E-state index in [0.29, 0.717) is 29.3 Å². The number of methoxy groups -OCH3 is 2. The van der Waals surface area contributed by atoms with Crippen LogP contribution in [0.25, 0.3) is 0 Å². The molecule has 7 heteroatoms. The van der Waals surface area contributed by atoms with E-state index < -0.39 is 5.97 Å². The van der Waals surface area contributed by atoms with Crippen LogP contribution in [0.15, 0.2) is 18.0 Å². The molecule has 5 nitrogen and oxygen atoms in total. The van der Waals surface area contributed by atoms with E-state index in [2.05, 4.69) is 6.92 Å². The quantitative estimate of drug-likeness (QED) is 0.412. The number of anilines is 1. The minimum absolute atomic E-state index is 0.00287. The number of esters is 1. The molecule has 2 fully saturated rings. The second kappa shape index (κ2) is 11.3. The number of thiophene rings is 1. The predicted octanol–water partition coefficient (Wildman–Crippen LogP) is 6.77. The first-order valence-corrected chi connectivity index (χ1v) is 13.6. The number of hydrogen-bond acceptors (Lipinski definition) is 5. The first kappa shape index (κ1) is 25.4. The van der Waals surface area contributed by atoms with Crippen molar-refractivity contribution in [3.8, 4) is 0 Å². The number of carbonyl (C=O) groups is 2. The van der Waals surface area contributed by atoms with E-state index in [9.17, 15) is 14.0 Å². The molecule has 1 aromatic rings. The summed E-state index contributed by atoms with van der Waals surface area (Å²) in [4.78, 5) is 30.4. The molecule has 1 aromatic heterocycles. The molecule has 0 saturated heterocycles. The molecule has 1 atom stereocenters. The molecule has 0 N–H and O–H groups in total. The van der Waals surface area contributed by atoms with Crippen molar-refractivity contribution in [2.45, 2.75) is 95.6 Å². The van der Waals surface area contributed by atoms with Crippen LogP contribution in [0.1, 0.15) is 98.0 Å². The zero-order valence-electron chi connectivity index (χ0n) is 20.7. The molecule has 1 unspecified atom stereocenters. The Morgan fingerprint density at radius 3 is 2.32 bits per heavy atom. The van der Waals surface area contributed by atoms with E-state index in [1.165, 1.54) is 18.4 Å². The lowest BCUT2D eigenvalue weighted by Crippen LogP contribution is -2.47. The molecule has 4 rings (SSSR count). The third kappa shape index (κ3) is 5.56. The maximum atomic E-state index is 14.0. The lowest BCUT2D eigenvalue weighted by atomic mass is 9.81. The summed E-state index contributed by atoms with van der Waals surface area (Å²) in [5, 5.41) is 0. The lowest BCUT2D eigenvalue weighted by Gasteiger charge is -2.39. The zero-order valence-corrected chi connectivity index (χ0v) is 21.5. The summed E-state index contributed by atoms with van der Waals surface area (Å²) in [6.45, 7) is 2.26. The topological polar surface area (TPSA) is 55.8 Å². The molecule has 0 aromatic carbocycles. The van der Waals surface area contributed by atoms with E-state index in [1.807, 2.05) is 11.0 Å². The molecule has 0 aliphatic heterocycles. The van der Waals surface area contributed by atoms with Gasteiger partial charge in [-0.25, -0.2) is 9.18 Å². The number of ether oxygens (including phenoxy) is 2. The van der Waals surface area contributed by atoms with Gasteiger partial charge in [0, 0.05) is 23.9 Å². The van der Waals surface area contributed by atoms with Gasteiger partial charge in [-0.1, -0.05) is 13.0 Å². The average Bonchev–Trinajstić information content (AvgIpc) is 3.29. The maximum Gasteiger partial charge on any atom is 0.350 e. The fraction of sp³-hybridized carbons (Fsp3) is 0.704. The lowest BCUT2D eigenvalue weighted by molar-refractivity contribution is -0.124. The third-order valence-corrected chi connectivity index (χ3v) is 9.33. The molecule has 0 radical (unpaired) electrons. The molecule has 3 aliphatic carbocycles. The van der Waals surface area contributed by atoms with E-state index >= 15 is 0 Å². The average molecular weight is 492 g/mol. The Kier molecular flexibility index (Phi) is 8.46. The van der Waals surface area contributed by atoms with Crippen LogP contribution in [0.2, 0.25) is 0 Å². The largest absolute Gasteiger partial charge is 0.465 e. The standard InChI is InChI=1S/C27H38FNO4S/c1-17-4-6-19(7-5-17)26(30)29(21-12-14-22(32-2)15-13-21)23-16-24(34-25(23)27(31)33-3)18-8-10-20(28)11-9-18/h10,16-19,21-22H,4-9,11-15H2,1-3H3/t17-,18?,19-,21-,22-. The molecule has 1 amide bonds. The van der Waals surface area contributed by atoms with Gasteiger partial charge in [-0.3, -0.25) is 4.79 Å². The van der Waals surface area contributed by atoms with Crippen LogP contribution in [0.3, 0.4) is 0 Å². The normalized spacial score (nSPS) is 29.9. The molecule has 0 bridgehead atoms. The number of nitrogens with zero attached hydrogens (tertiary/aromatic N) is 1. The van der Waals surface area contributed by atoms with Crippen LogP contribution in [-0.4, -0.2) is 38.2 Å². The van der Waals surface area contributed by atoms with Crippen LogP contribution in [-0.2, 0) is 14.3 Å². The molecule has 2 saturated carbocycles. The van der Waals surface area contributed by atoms with E-state index in [-0.39, 0.29) is 35.7 Å². The van der Waals surface area contributed by atoms with Gasteiger partial charge in [-0.2, -0.15) is 0 Å². The summed E-state index contributed by atoms with van der Waals surface area (Å²) in [7, 11) is 3.14. The predicted molar refractivity (Wildman–Crippen MR) is 133 cm³/mol. The van der Waals surface area contributed by atoms with Crippen LogP contribution in [0, 0.1) is 11.8 Å². The molecule has 34 heavy (non-hydrogen) atoms. The van der Waals surface area contributed by atoms with Crippen LogP contribution < -0.4 is 4.90 Å². The molecule has 1 heterocycles. The Labute approximate surface area is 206 Å². The van der Waals surface area contributed by atoms with Gasteiger partial charge in [0.05, 0.1) is 24.7 Å². The highest BCUT2D eigenvalue weighted by molar-refractivity contribution is 7.14. The van der Waals surface area contributed by atoms with Crippen molar-refractivity contribution in [1.29, 1.82) is 0 Å². The third-order valence-electron chi connectivity index (χ3n) is 8.06. The fourth-order valence-corrected chi connectivity index (χ4v) is 7.03. The van der Waals surface area contributed by atoms with Gasteiger partial charge in [-0.05, 0) is 88.5 Å². The summed E-state index contributed by atoms with van der Waals surface area (Å²) in [5.74, 6) is 0.517. The van der Waals surface area contributed by atoms with E-state index in [0.717, 1.165) is 62.7 Å². The van der Waals surface area contributed by atoms with Gasteiger partial charge in [0.2, 0.25) is 5.91 Å². The van der Waals surface area contributed by atoms with Gasteiger partial charge in [0.25, 0.3) is 0 Å². The monoisotopic (exact) mass is 491 g/mol. The van der Waals surface area contributed by atoms with E-state index in [4.69, 9.17) is 9.47 Å². The molecular formula is C27H38FNO4S. The van der Waals surface area contributed by atoms with Crippen molar-refractivity contribution in [2.75, 3.05) is 19.1 Å². The maximum absolute atomic E-state index is 14.0. The SMILES string of the molecule is COC(=O)c1sc(C2CC=C(F)CC2)cc1N(C(=O)[C@H]1CC[C@H](C)CC1)[C@H]1CC[C@H](OC)CC1. The summed E-state index contributed by atoms with van der Waals surface area (Å²) in [5.41, 5.74) is 0.700. The Bertz CT molecular complexity index is 896. The number of carbonyl (C=O) groups excluding carboxylic acids is 2. The Balaban J connectivity index is 1.69. The van der Waals surface area contributed by atoms with Crippen LogP contribution in [0.4, 0.5) is 10.1 Å². The van der Waals surface area contributed by atoms with Crippen molar-refractivity contribution >= 4 is 28.9 Å². The highest BCUT2D eigenvalue weighted by atomic mass is 32.1. The van der Waals surface area contributed by atoms with E-state index in [1.54, 1.807) is 13.2 Å². The molecular weight excluding hydrogens is 453 g/mol. The van der Waals surface area contributed by atoms with Gasteiger partial charge < -0.3 is 14.4 Å². The second-order valence-electron chi connectivity index (χ2n) is 10.3. The Morgan fingerprint density at radius 2 is 1.74 bits per heavy atom. The van der Waals surface area contributed by atoms with Crippen molar-refractivity contribution < 1.29 is 23.5 Å². The van der Waals surface area contributed by atoms with Crippen molar-refractivity contribution in [3.05, 3.63) is 27.7 Å². The minimum Gasteiger partial charge on any atom is -0.465 e. The molecule has 3 aliphatic rings. The summed E-state index contributed by atoms with van der Waals surface area (Å²) >= 11 is 1.42. The fourth-order valence-electron chi connectivity index (χ4n) is 5.82. The van der Waals surface area contributed by atoms with Gasteiger partial charge >= 0.3 is 5.97 Å². The summed E-state index contributed by atoms with van der Waals surface area (Å²) in [6, 6.07) is 2.08. The first-order chi connectivity index (χ1) is 16.4. The van der Waals surface area contributed by atoms with Crippen LogP contribution >= 0.6 is 11.3 Å². The van der Waals surface area contributed by atoms with Crippen LogP contribution in [0.5, 0.6) is 0 Å². The number of hydrogen-bond donors (Lipinski definition) is 0. The highest BCUT2D eigenvalue weighted by Crippen LogP contribution is 2.44. The van der Waals surface area contributed by atoms with Crippen molar-refractivity contribution in [1.82, 2.24) is 0 Å². The number of amides is 1. The van der Waals surface area contributed by atoms with Gasteiger partial charge in [-0.15, -0.1) is 11.3 Å². The first-order valence-electron chi connectivity index (χ1n) is 12.8. The Hall–Kier alpha value is -1.73. The molecule has 188 valence electrons. The minimum atomic E-state index is -0.399. The van der Waals surface area contributed by atoms with Crippen molar-refractivity contribution in [2.24, 2.45) is 11.8 Å². The number of allylic oxidation sites excluding steroid dienone is 2. The highest BCUT2D eigenvalue weighted by Gasteiger charge is 2.38. The number of halogens is 1. The van der Waals surface area contributed by atoms with Gasteiger partial charge in [0.1, 0.15) is 4.88 Å². The smallest absolute Gasteiger partial charge is 0.350 e. The second-order valence-corrected chi connectivity index (χ2v) is 11.4. The summed E-state index contributed by atoms with van der Waals surface area (Å²) in [6.07, 6.45) is 11.1. The Morgan fingerprint density at radius 1 is 1.03 bits per heavy atom. The number of rotatable bonds is 6.